The molecule has 0 amide bonds. The zero-order chi connectivity index (χ0) is 12.3. The summed E-state index contributed by atoms with van der Waals surface area (Å²) in [5.41, 5.74) is 0. The van der Waals surface area contributed by atoms with Gasteiger partial charge in [-0.15, -0.1) is 0 Å². The molecule has 2 aliphatic rings. The maximum atomic E-state index is 10.9. The topological polar surface area (TPSA) is 17.1 Å². The van der Waals surface area contributed by atoms with Gasteiger partial charge in [0.05, 0.1) is 0 Å². The van der Waals surface area contributed by atoms with Gasteiger partial charge in [0, 0.05) is 5.92 Å². The van der Waals surface area contributed by atoms with E-state index in [9.17, 15) is 4.79 Å². The number of hydrogen-bond donors (Lipinski definition) is 0. The van der Waals surface area contributed by atoms with E-state index in [0.717, 1.165) is 30.1 Å². The normalized spacial score (nSPS) is 43.3. The Hall–Kier alpha value is -0.330. The zero-order valence-corrected chi connectivity index (χ0v) is 11.5. The van der Waals surface area contributed by atoms with Gasteiger partial charge in [0.15, 0.2) is 0 Å². The Morgan fingerprint density at radius 2 is 1.71 bits per heavy atom. The molecule has 98 valence electrons. The summed E-state index contributed by atoms with van der Waals surface area (Å²) in [5.74, 6) is 4.04. The van der Waals surface area contributed by atoms with Crippen LogP contribution in [-0.2, 0) is 4.79 Å². The molecule has 0 aromatic carbocycles. The van der Waals surface area contributed by atoms with Crippen LogP contribution in [0.3, 0.4) is 0 Å². The molecule has 0 aromatic heterocycles. The predicted octanol–water partition coefficient (Wildman–Crippen LogP) is 4.45. The highest BCUT2D eigenvalue weighted by molar-refractivity contribution is 5.53. The Morgan fingerprint density at radius 1 is 0.941 bits per heavy atom. The molecule has 2 fully saturated rings. The molecule has 0 saturated heterocycles. The quantitative estimate of drug-likeness (QED) is 0.661. The molecule has 0 aromatic rings. The molecule has 5 atom stereocenters. The van der Waals surface area contributed by atoms with Crippen molar-refractivity contribution in [1.82, 2.24) is 0 Å². The van der Waals surface area contributed by atoms with Gasteiger partial charge in [-0.3, -0.25) is 0 Å². The molecule has 1 heteroatoms. The minimum atomic E-state index is 0.383. The van der Waals surface area contributed by atoms with Crippen LogP contribution >= 0.6 is 0 Å². The molecule has 0 spiro atoms. The fraction of sp³-hybridized carbons (Fsp3) is 0.938. The lowest BCUT2D eigenvalue weighted by Crippen LogP contribution is -2.25. The third kappa shape index (κ3) is 3.56. The van der Waals surface area contributed by atoms with E-state index in [0.29, 0.717) is 5.92 Å². The first-order valence-electron chi connectivity index (χ1n) is 7.64. The summed E-state index contributed by atoms with van der Waals surface area (Å²) < 4.78 is 0. The minimum absolute atomic E-state index is 0.383. The van der Waals surface area contributed by atoms with Crippen molar-refractivity contribution in [2.24, 2.45) is 29.6 Å². The van der Waals surface area contributed by atoms with Gasteiger partial charge in [0.2, 0.25) is 0 Å². The van der Waals surface area contributed by atoms with E-state index in [-0.39, 0.29) is 0 Å². The lowest BCUT2D eigenvalue weighted by molar-refractivity contribution is -0.112. The third-order valence-corrected chi connectivity index (χ3v) is 5.39. The summed E-state index contributed by atoms with van der Waals surface area (Å²) in [6, 6.07) is 0. The number of carbonyl (C=O) groups is 1. The lowest BCUT2D eigenvalue weighted by atomic mass is 9.70. The molecular weight excluding hydrogens is 208 g/mol. The molecule has 1 nitrogen and oxygen atoms in total. The molecule has 0 N–H and O–H groups in total. The maximum Gasteiger partial charge on any atom is 0.123 e. The van der Waals surface area contributed by atoms with Gasteiger partial charge >= 0.3 is 0 Å². The predicted molar refractivity (Wildman–Crippen MR) is 71.8 cm³/mol. The van der Waals surface area contributed by atoms with Gasteiger partial charge in [0.25, 0.3) is 0 Å². The second-order valence-corrected chi connectivity index (χ2v) is 6.80. The van der Waals surface area contributed by atoms with Crippen molar-refractivity contribution in [2.45, 2.75) is 65.2 Å². The van der Waals surface area contributed by atoms with Crippen molar-refractivity contribution in [3.8, 4) is 0 Å². The van der Waals surface area contributed by atoms with Crippen LogP contribution in [0.1, 0.15) is 65.2 Å². The van der Waals surface area contributed by atoms with E-state index >= 15 is 0 Å². The third-order valence-electron chi connectivity index (χ3n) is 5.39. The number of aldehydes is 1. The second kappa shape index (κ2) is 6.02. The molecule has 2 rings (SSSR count). The Balaban J connectivity index is 1.78. The van der Waals surface area contributed by atoms with Crippen LogP contribution in [0.4, 0.5) is 0 Å². The summed E-state index contributed by atoms with van der Waals surface area (Å²) in [6.07, 6.45) is 11.9. The summed E-state index contributed by atoms with van der Waals surface area (Å²) in [4.78, 5) is 10.9. The molecule has 0 aliphatic heterocycles. The van der Waals surface area contributed by atoms with Crippen molar-refractivity contribution in [2.75, 3.05) is 0 Å². The van der Waals surface area contributed by atoms with E-state index in [2.05, 4.69) is 13.8 Å². The van der Waals surface area contributed by atoms with Crippen molar-refractivity contribution in [1.29, 1.82) is 0 Å². The van der Waals surface area contributed by atoms with Crippen LogP contribution in [0.15, 0.2) is 0 Å². The van der Waals surface area contributed by atoms with E-state index in [4.69, 9.17) is 0 Å². The standard InChI is InChI=1S/C16H28O/c1-12-6-7-15(8-13(12)2)9-14-4-3-5-16(10-14)11-17/h11-16H,3-10H2,1-2H3. The summed E-state index contributed by atoms with van der Waals surface area (Å²) in [6.45, 7) is 4.83. The highest BCUT2D eigenvalue weighted by Gasteiger charge is 2.28. The maximum absolute atomic E-state index is 10.9. The first kappa shape index (κ1) is 13.1. The summed E-state index contributed by atoms with van der Waals surface area (Å²) in [5, 5.41) is 0. The largest absolute Gasteiger partial charge is 0.303 e. The molecule has 2 saturated carbocycles. The minimum Gasteiger partial charge on any atom is -0.303 e. The van der Waals surface area contributed by atoms with Crippen LogP contribution in [0.5, 0.6) is 0 Å². The van der Waals surface area contributed by atoms with Crippen molar-refractivity contribution < 1.29 is 4.79 Å². The molecule has 5 unspecified atom stereocenters. The fourth-order valence-electron chi connectivity index (χ4n) is 4.01. The van der Waals surface area contributed by atoms with Crippen molar-refractivity contribution >= 4 is 6.29 Å². The average Bonchev–Trinajstić information content (AvgIpc) is 2.34. The van der Waals surface area contributed by atoms with Gasteiger partial charge in [0.1, 0.15) is 6.29 Å². The lowest BCUT2D eigenvalue weighted by Gasteiger charge is -2.35. The first-order chi connectivity index (χ1) is 8.19. The second-order valence-electron chi connectivity index (χ2n) is 6.80. The van der Waals surface area contributed by atoms with E-state index in [1.165, 1.54) is 51.2 Å². The molecule has 0 heterocycles. The highest BCUT2D eigenvalue weighted by atomic mass is 16.1. The molecular formula is C16H28O. The van der Waals surface area contributed by atoms with Crippen LogP contribution in [0, 0.1) is 29.6 Å². The van der Waals surface area contributed by atoms with Crippen molar-refractivity contribution in [3.05, 3.63) is 0 Å². The number of rotatable bonds is 3. The molecule has 2 aliphatic carbocycles. The molecule has 0 bridgehead atoms. The van der Waals surface area contributed by atoms with E-state index < -0.39 is 0 Å². The van der Waals surface area contributed by atoms with Crippen LogP contribution in [0.25, 0.3) is 0 Å². The zero-order valence-electron chi connectivity index (χ0n) is 11.5. The van der Waals surface area contributed by atoms with Gasteiger partial charge in [-0.25, -0.2) is 0 Å². The SMILES string of the molecule is CC1CCC(CC2CCCC(C=O)C2)CC1C. The highest BCUT2D eigenvalue weighted by Crippen LogP contribution is 2.40. The monoisotopic (exact) mass is 236 g/mol. The average molecular weight is 236 g/mol. The van der Waals surface area contributed by atoms with Crippen molar-refractivity contribution in [3.63, 3.8) is 0 Å². The number of hydrogen-bond acceptors (Lipinski definition) is 1. The fourth-order valence-corrected chi connectivity index (χ4v) is 4.01. The van der Waals surface area contributed by atoms with E-state index in [1.54, 1.807) is 0 Å². The Morgan fingerprint density at radius 3 is 2.41 bits per heavy atom. The Bertz CT molecular complexity index is 248. The van der Waals surface area contributed by atoms with Gasteiger partial charge < -0.3 is 4.79 Å². The van der Waals surface area contributed by atoms with Gasteiger partial charge in [-0.2, -0.15) is 0 Å². The Kier molecular flexibility index (Phi) is 4.64. The summed E-state index contributed by atoms with van der Waals surface area (Å²) >= 11 is 0. The van der Waals surface area contributed by atoms with Crippen LogP contribution < -0.4 is 0 Å². The van der Waals surface area contributed by atoms with E-state index in [1.807, 2.05) is 0 Å². The summed E-state index contributed by atoms with van der Waals surface area (Å²) in [7, 11) is 0. The van der Waals surface area contributed by atoms with Gasteiger partial charge in [-0.1, -0.05) is 39.5 Å². The smallest absolute Gasteiger partial charge is 0.123 e. The molecule has 0 radical (unpaired) electrons. The molecule has 17 heavy (non-hydrogen) atoms. The number of carbonyl (C=O) groups excluding carboxylic acids is 1. The van der Waals surface area contributed by atoms with Gasteiger partial charge in [-0.05, 0) is 49.4 Å². The Labute approximate surface area is 106 Å². The van der Waals surface area contributed by atoms with Crippen LogP contribution in [-0.4, -0.2) is 6.29 Å². The first-order valence-corrected chi connectivity index (χ1v) is 7.64. The van der Waals surface area contributed by atoms with Crippen LogP contribution in [0.2, 0.25) is 0 Å².